The number of nitrogens with zero attached hydrogens (tertiary/aromatic N) is 4. The Morgan fingerprint density at radius 1 is 0.291 bits per heavy atom. The Hall–Kier alpha value is -7.43. The van der Waals surface area contributed by atoms with E-state index in [-0.39, 0.29) is 0 Å². The standard InChI is InChI=1S/C51H34N4/c1-6-16-35(17-7-1)41-28-31-47-45(32-41)46-34-42(36-18-8-2-9-19-36)33-44(37-20-10-3-11-21-37)48(46)55(47)43-29-26-40(27-30-43)51-53-49(38-22-12-4-13-23-38)52-50(54-51)39-24-14-5-15-25-39/h1-34H. The van der Waals surface area contributed by atoms with Crippen molar-refractivity contribution in [2.75, 3.05) is 0 Å². The van der Waals surface area contributed by atoms with E-state index in [1.54, 1.807) is 0 Å². The van der Waals surface area contributed by atoms with Gasteiger partial charge in [-0.15, -0.1) is 0 Å². The summed E-state index contributed by atoms with van der Waals surface area (Å²) in [5.74, 6) is 1.92. The van der Waals surface area contributed by atoms with E-state index < -0.39 is 0 Å². The lowest BCUT2D eigenvalue weighted by molar-refractivity contribution is 1.07. The Bertz CT molecular complexity index is 2870. The van der Waals surface area contributed by atoms with Crippen LogP contribution < -0.4 is 0 Å². The van der Waals surface area contributed by atoms with E-state index in [2.05, 4.69) is 150 Å². The van der Waals surface area contributed by atoms with Gasteiger partial charge in [-0.05, 0) is 76.3 Å². The first-order valence-corrected chi connectivity index (χ1v) is 18.5. The summed E-state index contributed by atoms with van der Waals surface area (Å²) in [6, 6.07) is 72.4. The Morgan fingerprint density at radius 3 is 1.20 bits per heavy atom. The van der Waals surface area contributed by atoms with Crippen LogP contribution in [0.3, 0.4) is 0 Å². The number of rotatable bonds is 7. The molecule has 0 radical (unpaired) electrons. The van der Waals surface area contributed by atoms with Crippen LogP contribution >= 0.6 is 0 Å². The fourth-order valence-corrected chi connectivity index (χ4v) is 7.56. The zero-order valence-electron chi connectivity index (χ0n) is 29.9. The maximum Gasteiger partial charge on any atom is 0.164 e. The van der Waals surface area contributed by atoms with Crippen LogP contribution in [0, 0.1) is 0 Å². The highest BCUT2D eigenvalue weighted by Gasteiger charge is 2.20. The molecule has 0 amide bonds. The van der Waals surface area contributed by atoms with E-state index in [0.717, 1.165) is 33.4 Å². The molecule has 0 unspecified atom stereocenters. The van der Waals surface area contributed by atoms with E-state index in [4.69, 9.17) is 15.0 Å². The molecular weight excluding hydrogens is 669 g/mol. The summed E-state index contributed by atoms with van der Waals surface area (Å²) in [5.41, 5.74) is 13.3. The van der Waals surface area contributed by atoms with Crippen molar-refractivity contribution in [3.63, 3.8) is 0 Å². The van der Waals surface area contributed by atoms with Gasteiger partial charge in [0.1, 0.15) is 0 Å². The number of benzene rings is 8. The van der Waals surface area contributed by atoms with Crippen molar-refractivity contribution in [1.29, 1.82) is 0 Å². The molecular formula is C51H34N4. The van der Waals surface area contributed by atoms with Crippen LogP contribution in [-0.2, 0) is 0 Å². The molecule has 0 aliphatic carbocycles. The third kappa shape index (κ3) is 6.06. The van der Waals surface area contributed by atoms with Crippen LogP contribution in [0.5, 0.6) is 0 Å². The molecule has 0 bridgehead atoms. The molecule has 258 valence electrons. The molecule has 55 heavy (non-hydrogen) atoms. The molecule has 0 spiro atoms. The van der Waals surface area contributed by atoms with Gasteiger partial charge in [0, 0.05) is 38.7 Å². The zero-order chi connectivity index (χ0) is 36.6. The summed E-state index contributed by atoms with van der Waals surface area (Å²) < 4.78 is 2.42. The third-order valence-corrected chi connectivity index (χ3v) is 10.2. The molecule has 0 aliphatic rings. The Labute approximate surface area is 319 Å². The molecule has 4 nitrogen and oxygen atoms in total. The summed E-state index contributed by atoms with van der Waals surface area (Å²) in [4.78, 5) is 14.9. The monoisotopic (exact) mass is 702 g/mol. The first-order valence-electron chi connectivity index (χ1n) is 18.5. The van der Waals surface area contributed by atoms with Gasteiger partial charge in [-0.2, -0.15) is 0 Å². The zero-order valence-corrected chi connectivity index (χ0v) is 29.9. The lowest BCUT2D eigenvalue weighted by Gasteiger charge is -2.14. The van der Waals surface area contributed by atoms with E-state index in [1.165, 1.54) is 44.2 Å². The SMILES string of the molecule is c1ccc(-c2ccc3c(c2)c2cc(-c4ccccc4)cc(-c4ccccc4)c2n3-c2ccc(-c3nc(-c4ccccc4)nc(-c4ccccc4)n3)cc2)cc1. The smallest absolute Gasteiger partial charge is 0.164 e. The molecule has 0 fully saturated rings. The fraction of sp³-hybridized carbons (Fsp3) is 0. The van der Waals surface area contributed by atoms with Gasteiger partial charge < -0.3 is 4.57 Å². The second-order valence-corrected chi connectivity index (χ2v) is 13.7. The largest absolute Gasteiger partial charge is 0.309 e. The van der Waals surface area contributed by atoms with E-state index in [1.807, 2.05) is 60.7 Å². The lowest BCUT2D eigenvalue weighted by Crippen LogP contribution is -2.00. The number of aromatic nitrogens is 4. The molecule has 0 saturated carbocycles. The third-order valence-electron chi connectivity index (χ3n) is 10.2. The Balaban J connectivity index is 1.19. The fourth-order valence-electron chi connectivity index (χ4n) is 7.56. The van der Waals surface area contributed by atoms with Gasteiger partial charge in [-0.1, -0.05) is 158 Å². The molecule has 0 saturated heterocycles. The summed E-state index contributed by atoms with van der Waals surface area (Å²) in [6.45, 7) is 0. The van der Waals surface area contributed by atoms with Gasteiger partial charge in [-0.25, -0.2) is 15.0 Å². The Kier molecular flexibility index (Phi) is 8.12. The van der Waals surface area contributed by atoms with Crippen molar-refractivity contribution < 1.29 is 0 Å². The number of hydrogen-bond donors (Lipinski definition) is 0. The molecule has 10 rings (SSSR count). The van der Waals surface area contributed by atoms with Gasteiger partial charge in [0.15, 0.2) is 17.5 Å². The minimum atomic E-state index is 0.631. The average Bonchev–Trinajstić information content (AvgIpc) is 3.61. The maximum absolute atomic E-state index is 4.99. The summed E-state index contributed by atoms with van der Waals surface area (Å²) in [7, 11) is 0. The van der Waals surface area contributed by atoms with Gasteiger partial charge >= 0.3 is 0 Å². The van der Waals surface area contributed by atoms with Crippen LogP contribution in [0.15, 0.2) is 206 Å². The topological polar surface area (TPSA) is 43.6 Å². The van der Waals surface area contributed by atoms with Crippen LogP contribution in [-0.4, -0.2) is 19.5 Å². The number of hydrogen-bond acceptors (Lipinski definition) is 3. The van der Waals surface area contributed by atoms with Crippen molar-refractivity contribution in [3.05, 3.63) is 206 Å². The van der Waals surface area contributed by atoms with E-state index >= 15 is 0 Å². The van der Waals surface area contributed by atoms with E-state index in [0.29, 0.717) is 17.5 Å². The van der Waals surface area contributed by atoms with Crippen molar-refractivity contribution in [3.8, 4) is 73.2 Å². The molecule has 0 atom stereocenters. The van der Waals surface area contributed by atoms with Gasteiger partial charge in [-0.3, -0.25) is 0 Å². The van der Waals surface area contributed by atoms with Gasteiger partial charge in [0.2, 0.25) is 0 Å². The molecule has 0 aliphatic heterocycles. The van der Waals surface area contributed by atoms with Crippen molar-refractivity contribution in [1.82, 2.24) is 19.5 Å². The van der Waals surface area contributed by atoms with Crippen molar-refractivity contribution in [2.24, 2.45) is 0 Å². The Morgan fingerprint density at radius 2 is 0.691 bits per heavy atom. The predicted octanol–water partition coefficient (Wildman–Crippen LogP) is 13.0. The minimum Gasteiger partial charge on any atom is -0.309 e. The molecule has 4 heteroatoms. The normalized spacial score (nSPS) is 11.3. The summed E-state index contributed by atoms with van der Waals surface area (Å²) >= 11 is 0. The average molecular weight is 703 g/mol. The first kappa shape index (κ1) is 32.2. The molecule has 0 N–H and O–H groups in total. The molecule has 2 heterocycles. The minimum absolute atomic E-state index is 0.631. The van der Waals surface area contributed by atoms with Crippen molar-refractivity contribution in [2.45, 2.75) is 0 Å². The highest BCUT2D eigenvalue weighted by molar-refractivity contribution is 6.16. The second kappa shape index (κ2) is 13.8. The van der Waals surface area contributed by atoms with Crippen LogP contribution in [0.2, 0.25) is 0 Å². The van der Waals surface area contributed by atoms with Gasteiger partial charge in [0.05, 0.1) is 11.0 Å². The van der Waals surface area contributed by atoms with Crippen molar-refractivity contribution >= 4 is 21.8 Å². The lowest BCUT2D eigenvalue weighted by atomic mass is 9.95. The molecule has 2 aromatic heterocycles. The van der Waals surface area contributed by atoms with Crippen LogP contribution in [0.25, 0.3) is 95.0 Å². The molecule has 10 aromatic rings. The van der Waals surface area contributed by atoms with Crippen LogP contribution in [0.1, 0.15) is 0 Å². The molecule has 8 aromatic carbocycles. The summed E-state index contributed by atoms with van der Waals surface area (Å²) in [5, 5.41) is 2.41. The highest BCUT2D eigenvalue weighted by atomic mass is 15.0. The second-order valence-electron chi connectivity index (χ2n) is 13.7. The summed E-state index contributed by atoms with van der Waals surface area (Å²) in [6.07, 6.45) is 0. The van der Waals surface area contributed by atoms with E-state index in [9.17, 15) is 0 Å². The van der Waals surface area contributed by atoms with Crippen LogP contribution in [0.4, 0.5) is 0 Å². The number of fused-ring (bicyclic) bond motifs is 3. The first-order chi connectivity index (χ1) is 27.3. The highest BCUT2D eigenvalue weighted by Crippen LogP contribution is 2.42. The van der Waals surface area contributed by atoms with Gasteiger partial charge in [0.25, 0.3) is 0 Å². The predicted molar refractivity (Wildman–Crippen MR) is 227 cm³/mol. The maximum atomic E-state index is 4.99. The quantitative estimate of drug-likeness (QED) is 0.166.